The van der Waals surface area contributed by atoms with E-state index in [1.807, 2.05) is 61.5 Å². The van der Waals surface area contributed by atoms with Crippen molar-refractivity contribution in [3.63, 3.8) is 0 Å². The molecule has 1 aromatic heterocycles. The molecule has 0 aliphatic carbocycles. The normalized spacial score (nSPS) is 15.3. The number of benzene rings is 2. The Morgan fingerprint density at radius 1 is 1.15 bits per heavy atom. The van der Waals surface area contributed by atoms with Crippen LogP contribution in [0.4, 0.5) is 0 Å². The second-order valence-corrected chi connectivity index (χ2v) is 6.35. The molecule has 5 heteroatoms. The molecule has 26 heavy (non-hydrogen) atoms. The van der Waals surface area contributed by atoms with Crippen molar-refractivity contribution < 1.29 is 13.9 Å². The van der Waals surface area contributed by atoms with Crippen LogP contribution in [0.25, 0.3) is 11.5 Å². The van der Waals surface area contributed by atoms with E-state index in [-0.39, 0.29) is 5.91 Å². The van der Waals surface area contributed by atoms with Gasteiger partial charge in [-0.1, -0.05) is 36.4 Å². The summed E-state index contributed by atoms with van der Waals surface area (Å²) in [5, 5.41) is 2.94. The number of aryl methyl sites for hydroxylation is 1. The van der Waals surface area contributed by atoms with Gasteiger partial charge < -0.3 is 14.5 Å². The summed E-state index contributed by atoms with van der Waals surface area (Å²) in [7, 11) is 0. The zero-order chi connectivity index (χ0) is 17.9. The number of hydrogen-bond acceptors (Lipinski definition) is 4. The van der Waals surface area contributed by atoms with E-state index < -0.39 is 6.10 Å². The Bertz CT molecular complexity index is 893. The molecule has 4 rings (SSSR count). The summed E-state index contributed by atoms with van der Waals surface area (Å²) in [6.45, 7) is 2.39. The number of aromatic nitrogens is 1. The Morgan fingerprint density at radius 3 is 2.73 bits per heavy atom. The number of nitrogens with one attached hydrogen (secondary N) is 1. The minimum absolute atomic E-state index is 0.0920. The third kappa shape index (κ3) is 3.33. The number of amides is 1. The van der Waals surface area contributed by atoms with Crippen LogP contribution >= 0.6 is 0 Å². The van der Waals surface area contributed by atoms with E-state index in [2.05, 4.69) is 10.3 Å². The lowest BCUT2D eigenvalue weighted by molar-refractivity contribution is -0.127. The summed E-state index contributed by atoms with van der Waals surface area (Å²) in [5.74, 6) is 2.10. The fourth-order valence-corrected chi connectivity index (χ4v) is 3.11. The Hall–Kier alpha value is -3.08. The van der Waals surface area contributed by atoms with Crippen molar-refractivity contribution >= 4 is 5.91 Å². The van der Waals surface area contributed by atoms with Gasteiger partial charge in [0.1, 0.15) is 11.5 Å². The zero-order valence-electron chi connectivity index (χ0n) is 14.6. The maximum atomic E-state index is 12.3. The molecule has 5 nitrogen and oxygen atoms in total. The van der Waals surface area contributed by atoms with E-state index in [1.165, 1.54) is 0 Å². The van der Waals surface area contributed by atoms with Gasteiger partial charge in [-0.2, -0.15) is 0 Å². The average molecular weight is 348 g/mol. The first kappa shape index (κ1) is 16.4. The van der Waals surface area contributed by atoms with E-state index in [0.29, 0.717) is 25.3 Å². The van der Waals surface area contributed by atoms with Crippen LogP contribution in [0.5, 0.6) is 5.75 Å². The molecule has 1 amide bonds. The Morgan fingerprint density at radius 2 is 1.92 bits per heavy atom. The van der Waals surface area contributed by atoms with Crippen LogP contribution in [0.1, 0.15) is 17.0 Å². The van der Waals surface area contributed by atoms with E-state index >= 15 is 0 Å². The molecular formula is C21H20N2O3. The number of carbonyl (C=O) groups excluding carboxylic acids is 1. The molecule has 0 saturated heterocycles. The monoisotopic (exact) mass is 348 g/mol. The number of ether oxygens (including phenoxy) is 1. The van der Waals surface area contributed by atoms with Gasteiger partial charge in [0.25, 0.3) is 5.91 Å². The first-order valence-electron chi connectivity index (χ1n) is 8.75. The molecule has 0 fully saturated rings. The summed E-state index contributed by atoms with van der Waals surface area (Å²) < 4.78 is 11.5. The molecule has 1 aliphatic heterocycles. The fourth-order valence-electron chi connectivity index (χ4n) is 3.11. The molecule has 0 bridgehead atoms. The SMILES string of the molecule is Cc1oc(-c2ccccc2)nc1CCNC(=O)[C@H]1Cc2ccccc2O1. The van der Waals surface area contributed by atoms with Crippen molar-refractivity contribution in [2.75, 3.05) is 6.54 Å². The number of para-hydroxylation sites is 1. The van der Waals surface area contributed by atoms with E-state index in [4.69, 9.17) is 9.15 Å². The van der Waals surface area contributed by atoms with Crippen molar-refractivity contribution in [2.45, 2.75) is 25.9 Å². The van der Waals surface area contributed by atoms with Crippen LogP contribution in [0.3, 0.4) is 0 Å². The number of rotatable bonds is 5. The molecule has 1 aliphatic rings. The minimum Gasteiger partial charge on any atom is -0.480 e. The van der Waals surface area contributed by atoms with Crippen LogP contribution < -0.4 is 10.1 Å². The van der Waals surface area contributed by atoms with Crippen molar-refractivity contribution in [3.8, 4) is 17.2 Å². The maximum absolute atomic E-state index is 12.3. The summed E-state index contributed by atoms with van der Waals surface area (Å²) in [5.41, 5.74) is 2.88. The van der Waals surface area contributed by atoms with E-state index in [0.717, 1.165) is 28.3 Å². The number of fused-ring (bicyclic) bond motifs is 1. The zero-order valence-corrected chi connectivity index (χ0v) is 14.6. The fraction of sp³-hybridized carbons (Fsp3) is 0.238. The predicted molar refractivity (Wildman–Crippen MR) is 98.0 cm³/mol. The lowest BCUT2D eigenvalue weighted by Crippen LogP contribution is -2.38. The van der Waals surface area contributed by atoms with Gasteiger partial charge in [0.15, 0.2) is 6.10 Å². The molecule has 3 aromatic rings. The number of nitrogens with zero attached hydrogens (tertiary/aromatic N) is 1. The molecule has 0 radical (unpaired) electrons. The molecule has 0 spiro atoms. The number of hydrogen-bond donors (Lipinski definition) is 1. The topological polar surface area (TPSA) is 64.4 Å². The molecular weight excluding hydrogens is 328 g/mol. The van der Waals surface area contributed by atoms with Gasteiger partial charge in [0.2, 0.25) is 5.89 Å². The van der Waals surface area contributed by atoms with E-state index in [9.17, 15) is 4.79 Å². The first-order chi connectivity index (χ1) is 12.7. The third-order valence-corrected chi connectivity index (χ3v) is 4.51. The second-order valence-electron chi connectivity index (χ2n) is 6.35. The van der Waals surface area contributed by atoms with Gasteiger partial charge in [-0.15, -0.1) is 0 Å². The Labute approximate surface area is 152 Å². The lowest BCUT2D eigenvalue weighted by Gasteiger charge is -2.10. The molecule has 2 heterocycles. The van der Waals surface area contributed by atoms with Crippen LogP contribution in [0.2, 0.25) is 0 Å². The highest BCUT2D eigenvalue weighted by molar-refractivity contribution is 5.82. The van der Waals surface area contributed by atoms with Gasteiger partial charge in [-0.05, 0) is 30.7 Å². The first-order valence-corrected chi connectivity index (χ1v) is 8.75. The van der Waals surface area contributed by atoms with Gasteiger partial charge in [0, 0.05) is 24.9 Å². The summed E-state index contributed by atoms with van der Waals surface area (Å²) in [6.07, 6.45) is 0.780. The molecule has 2 aromatic carbocycles. The standard InChI is InChI=1S/C21H20N2O3/c1-14-17(23-21(25-14)15-7-3-2-4-8-15)11-12-22-20(24)19-13-16-9-5-6-10-18(16)26-19/h2-10,19H,11-13H2,1H3,(H,22,24)/t19-/m1/s1. The Kier molecular flexibility index (Phi) is 4.44. The highest BCUT2D eigenvalue weighted by Crippen LogP contribution is 2.28. The molecule has 0 saturated carbocycles. The molecule has 132 valence electrons. The van der Waals surface area contributed by atoms with Crippen LogP contribution in [0, 0.1) is 6.92 Å². The molecule has 1 N–H and O–H groups in total. The van der Waals surface area contributed by atoms with Crippen LogP contribution in [-0.4, -0.2) is 23.5 Å². The molecule has 1 atom stereocenters. The second kappa shape index (κ2) is 7.04. The number of carbonyl (C=O) groups is 1. The quantitative estimate of drug-likeness (QED) is 0.768. The van der Waals surface area contributed by atoms with Crippen molar-refractivity contribution in [1.82, 2.24) is 10.3 Å². The highest BCUT2D eigenvalue weighted by atomic mass is 16.5. The lowest BCUT2D eigenvalue weighted by atomic mass is 10.1. The average Bonchev–Trinajstić information content (AvgIpc) is 3.26. The molecule has 0 unspecified atom stereocenters. The van der Waals surface area contributed by atoms with Gasteiger partial charge in [-0.3, -0.25) is 4.79 Å². The Balaban J connectivity index is 1.33. The van der Waals surface area contributed by atoms with Gasteiger partial charge >= 0.3 is 0 Å². The third-order valence-electron chi connectivity index (χ3n) is 4.51. The minimum atomic E-state index is -0.453. The van der Waals surface area contributed by atoms with Crippen molar-refractivity contribution in [1.29, 1.82) is 0 Å². The van der Waals surface area contributed by atoms with Crippen LogP contribution in [0.15, 0.2) is 59.0 Å². The summed E-state index contributed by atoms with van der Waals surface area (Å²) in [4.78, 5) is 16.9. The summed E-state index contributed by atoms with van der Waals surface area (Å²) >= 11 is 0. The van der Waals surface area contributed by atoms with Gasteiger partial charge in [-0.25, -0.2) is 4.98 Å². The smallest absolute Gasteiger partial charge is 0.261 e. The maximum Gasteiger partial charge on any atom is 0.261 e. The number of oxazole rings is 1. The largest absolute Gasteiger partial charge is 0.480 e. The summed E-state index contributed by atoms with van der Waals surface area (Å²) in [6, 6.07) is 17.6. The van der Waals surface area contributed by atoms with Crippen molar-refractivity contribution in [3.05, 3.63) is 71.6 Å². The van der Waals surface area contributed by atoms with E-state index in [1.54, 1.807) is 0 Å². The van der Waals surface area contributed by atoms with Crippen molar-refractivity contribution in [2.24, 2.45) is 0 Å². The highest BCUT2D eigenvalue weighted by Gasteiger charge is 2.28. The predicted octanol–water partition coefficient (Wildman–Crippen LogP) is 3.31. The van der Waals surface area contributed by atoms with Gasteiger partial charge in [0.05, 0.1) is 5.69 Å². The van der Waals surface area contributed by atoms with Crippen LogP contribution in [-0.2, 0) is 17.6 Å².